The molecule has 1 heterocycles. The van der Waals surface area contributed by atoms with Crippen LogP contribution in [0.3, 0.4) is 0 Å². The molecule has 2 bridgehead atoms. The number of hydrogen-bond donors (Lipinski definition) is 1. The lowest BCUT2D eigenvalue weighted by molar-refractivity contribution is -0.118. The number of Topliss-reactive ketones (excluding diaryl/α,β-unsaturated/α-hetero) is 1. The van der Waals surface area contributed by atoms with E-state index in [2.05, 4.69) is 36.3 Å². The van der Waals surface area contributed by atoms with Crippen molar-refractivity contribution in [3.8, 4) is 0 Å². The van der Waals surface area contributed by atoms with Crippen LogP contribution >= 0.6 is 11.8 Å². The molecular formula is C21H24FN3O2S. The van der Waals surface area contributed by atoms with E-state index in [-0.39, 0.29) is 28.9 Å². The van der Waals surface area contributed by atoms with Crippen LogP contribution in [0.2, 0.25) is 0 Å². The fourth-order valence-corrected chi connectivity index (χ4v) is 5.61. The van der Waals surface area contributed by atoms with Gasteiger partial charge in [0, 0.05) is 23.1 Å². The molecule has 1 saturated heterocycles. The number of thioether (sulfide) groups is 1. The Balaban J connectivity index is 1.44. The second-order valence-corrected chi connectivity index (χ2v) is 9.87. The Labute approximate surface area is 168 Å². The Kier molecular flexibility index (Phi) is 4.68. The molecule has 28 heavy (non-hydrogen) atoms. The van der Waals surface area contributed by atoms with Gasteiger partial charge < -0.3 is 5.32 Å². The van der Waals surface area contributed by atoms with Crippen molar-refractivity contribution in [2.45, 2.75) is 51.7 Å². The molecule has 0 aromatic heterocycles. The predicted molar refractivity (Wildman–Crippen MR) is 109 cm³/mol. The Morgan fingerprint density at radius 2 is 1.96 bits per heavy atom. The van der Waals surface area contributed by atoms with Gasteiger partial charge in [0.1, 0.15) is 5.82 Å². The van der Waals surface area contributed by atoms with Crippen LogP contribution in [-0.2, 0) is 4.79 Å². The van der Waals surface area contributed by atoms with Crippen molar-refractivity contribution >= 4 is 34.3 Å². The summed E-state index contributed by atoms with van der Waals surface area (Å²) in [5.74, 6) is -0.180. The summed E-state index contributed by atoms with van der Waals surface area (Å²) >= 11 is 1.23. The van der Waals surface area contributed by atoms with Gasteiger partial charge >= 0.3 is 0 Å². The van der Waals surface area contributed by atoms with Gasteiger partial charge in [-0.1, -0.05) is 32.5 Å². The third-order valence-corrected chi connectivity index (χ3v) is 8.16. The van der Waals surface area contributed by atoms with Crippen molar-refractivity contribution in [1.29, 1.82) is 0 Å². The van der Waals surface area contributed by atoms with Gasteiger partial charge in [-0.05, 0) is 54.9 Å². The summed E-state index contributed by atoms with van der Waals surface area (Å²) in [6.07, 6.45) is 3.37. The number of halogens is 1. The number of nitrogens with zero attached hydrogens (tertiary/aromatic N) is 2. The fourth-order valence-electron chi connectivity index (χ4n) is 4.69. The first-order chi connectivity index (χ1) is 13.2. The van der Waals surface area contributed by atoms with Crippen LogP contribution in [0.1, 0.15) is 56.8 Å². The Morgan fingerprint density at radius 1 is 1.25 bits per heavy atom. The lowest BCUT2D eigenvalue weighted by Crippen LogP contribution is -2.32. The van der Waals surface area contributed by atoms with Crippen molar-refractivity contribution < 1.29 is 14.0 Å². The SMILES string of the molecule is CC1(C)[C@@H]2CC[C@@]1(C)/C(=N/N=C1\NC(=O)[C@@H](CC(=O)c3ccc(F)cc3)S1)C2. The molecule has 1 aliphatic heterocycles. The molecule has 2 saturated carbocycles. The number of rotatable bonds is 4. The number of nitrogens with one attached hydrogen (secondary N) is 1. The molecule has 1 amide bonds. The molecule has 4 rings (SSSR count). The van der Waals surface area contributed by atoms with Gasteiger partial charge in [-0.3, -0.25) is 9.59 Å². The minimum Gasteiger partial charge on any atom is -0.303 e. The van der Waals surface area contributed by atoms with Crippen LogP contribution in [0.5, 0.6) is 0 Å². The summed E-state index contributed by atoms with van der Waals surface area (Å²) in [6, 6.07) is 5.37. The standard InChI is InChI=1S/C21H24FN3O2S/c1-20(2)13-8-9-21(20,3)17(10-13)24-25-19-23-18(27)16(28-19)11-15(26)12-4-6-14(22)7-5-12/h4-7,13,16H,8-11H2,1-3H3,(H,23,25,27)/b24-17+/t13-,16-,21+/m1/s1. The molecule has 0 unspecified atom stereocenters. The highest BCUT2D eigenvalue weighted by Gasteiger charge is 2.60. The lowest BCUT2D eigenvalue weighted by atomic mass is 9.70. The van der Waals surface area contributed by atoms with E-state index in [1.165, 1.54) is 42.4 Å². The number of carbonyl (C=O) groups excluding carboxylic acids is 2. The zero-order valence-electron chi connectivity index (χ0n) is 16.3. The number of fused-ring (bicyclic) bond motifs is 2. The highest BCUT2D eigenvalue weighted by molar-refractivity contribution is 8.15. The molecule has 3 atom stereocenters. The number of carbonyl (C=O) groups is 2. The number of amidine groups is 1. The molecule has 2 aliphatic carbocycles. The maximum Gasteiger partial charge on any atom is 0.240 e. The van der Waals surface area contributed by atoms with Gasteiger partial charge in [0.05, 0.1) is 5.25 Å². The first kappa shape index (κ1) is 19.3. The normalized spacial score (nSPS) is 33.6. The summed E-state index contributed by atoms with van der Waals surface area (Å²) < 4.78 is 13.0. The highest BCUT2D eigenvalue weighted by atomic mass is 32.2. The third-order valence-electron chi connectivity index (χ3n) is 7.09. The van der Waals surface area contributed by atoms with E-state index in [1.54, 1.807) is 0 Å². The predicted octanol–water partition coefficient (Wildman–Crippen LogP) is 4.19. The molecule has 3 aliphatic rings. The topological polar surface area (TPSA) is 70.9 Å². The van der Waals surface area contributed by atoms with Gasteiger partial charge in [0.15, 0.2) is 11.0 Å². The van der Waals surface area contributed by atoms with Gasteiger partial charge in [-0.25, -0.2) is 4.39 Å². The zero-order chi connectivity index (χ0) is 20.1. The minimum absolute atomic E-state index is 0.0462. The monoisotopic (exact) mass is 401 g/mol. The highest BCUT2D eigenvalue weighted by Crippen LogP contribution is 2.64. The lowest BCUT2D eigenvalue weighted by Gasteiger charge is -2.34. The van der Waals surface area contributed by atoms with Crippen LogP contribution in [0, 0.1) is 22.6 Å². The first-order valence-electron chi connectivity index (χ1n) is 9.62. The van der Waals surface area contributed by atoms with Crippen molar-refractivity contribution in [2.24, 2.45) is 27.0 Å². The molecular weight excluding hydrogens is 377 g/mol. The maximum atomic E-state index is 13.0. The summed E-state index contributed by atoms with van der Waals surface area (Å²) in [4.78, 5) is 24.6. The van der Waals surface area contributed by atoms with Crippen molar-refractivity contribution in [2.75, 3.05) is 0 Å². The number of hydrogen-bond acceptors (Lipinski definition) is 5. The molecule has 148 valence electrons. The van der Waals surface area contributed by atoms with E-state index < -0.39 is 11.1 Å². The fraction of sp³-hybridized carbons (Fsp3) is 0.524. The van der Waals surface area contributed by atoms with E-state index in [0.717, 1.165) is 18.6 Å². The molecule has 1 N–H and O–H groups in total. The Hall–Kier alpha value is -2.02. The zero-order valence-corrected chi connectivity index (χ0v) is 17.1. The number of ketones is 1. The van der Waals surface area contributed by atoms with Crippen LogP contribution in [0.4, 0.5) is 4.39 Å². The quantitative estimate of drug-likeness (QED) is 0.607. The summed E-state index contributed by atoms with van der Waals surface area (Å²) in [6.45, 7) is 6.89. The summed E-state index contributed by atoms with van der Waals surface area (Å²) in [5.41, 5.74) is 1.80. The van der Waals surface area contributed by atoms with E-state index in [9.17, 15) is 14.0 Å². The summed E-state index contributed by atoms with van der Waals surface area (Å²) in [5, 5.41) is 11.4. The van der Waals surface area contributed by atoms with E-state index >= 15 is 0 Å². The molecule has 1 aromatic carbocycles. The van der Waals surface area contributed by atoms with Crippen molar-refractivity contribution in [3.05, 3.63) is 35.6 Å². The van der Waals surface area contributed by atoms with Crippen LogP contribution < -0.4 is 5.32 Å². The number of amides is 1. The van der Waals surface area contributed by atoms with Gasteiger partial charge in [0.2, 0.25) is 5.91 Å². The van der Waals surface area contributed by atoms with Gasteiger partial charge in [-0.2, -0.15) is 5.10 Å². The Morgan fingerprint density at radius 3 is 2.57 bits per heavy atom. The maximum absolute atomic E-state index is 13.0. The molecule has 0 spiro atoms. The van der Waals surface area contributed by atoms with Crippen LogP contribution in [0.25, 0.3) is 0 Å². The van der Waals surface area contributed by atoms with Crippen LogP contribution in [-0.4, -0.2) is 27.8 Å². The van der Waals surface area contributed by atoms with E-state index in [0.29, 0.717) is 16.6 Å². The average Bonchev–Trinajstić information content (AvgIpc) is 3.17. The average molecular weight is 402 g/mol. The first-order valence-corrected chi connectivity index (χ1v) is 10.5. The van der Waals surface area contributed by atoms with Gasteiger partial charge in [0.25, 0.3) is 0 Å². The smallest absolute Gasteiger partial charge is 0.240 e. The van der Waals surface area contributed by atoms with Crippen LogP contribution in [0.15, 0.2) is 34.5 Å². The van der Waals surface area contributed by atoms with E-state index in [4.69, 9.17) is 0 Å². The second kappa shape index (κ2) is 6.79. The number of benzene rings is 1. The Bertz CT molecular complexity index is 893. The van der Waals surface area contributed by atoms with Crippen molar-refractivity contribution in [3.63, 3.8) is 0 Å². The minimum atomic E-state index is -0.538. The molecule has 5 nitrogen and oxygen atoms in total. The molecule has 3 fully saturated rings. The van der Waals surface area contributed by atoms with Gasteiger partial charge in [-0.15, -0.1) is 5.10 Å². The molecule has 7 heteroatoms. The summed E-state index contributed by atoms with van der Waals surface area (Å²) in [7, 11) is 0. The largest absolute Gasteiger partial charge is 0.303 e. The molecule has 0 radical (unpaired) electrons. The molecule has 1 aromatic rings. The second-order valence-electron chi connectivity index (χ2n) is 8.68. The van der Waals surface area contributed by atoms with Crippen molar-refractivity contribution in [1.82, 2.24) is 5.32 Å². The van der Waals surface area contributed by atoms with E-state index in [1.807, 2.05) is 0 Å². The third kappa shape index (κ3) is 3.09.